The molecule has 4 rings (SSSR count). The number of hydrogen-bond donors (Lipinski definition) is 2. The zero-order chi connectivity index (χ0) is 19.3. The molecule has 0 bridgehead atoms. The Balaban J connectivity index is 1.23. The number of piperidine rings is 1. The molecule has 3 fully saturated rings. The van der Waals surface area contributed by atoms with Crippen LogP contribution in [0.1, 0.15) is 38.5 Å². The molecule has 6 nitrogen and oxygen atoms in total. The van der Waals surface area contributed by atoms with E-state index in [0.717, 1.165) is 44.7 Å². The van der Waals surface area contributed by atoms with Crippen LogP contribution in [0.3, 0.4) is 0 Å². The Hall–Kier alpha value is -2.08. The van der Waals surface area contributed by atoms with Crippen LogP contribution in [0, 0.1) is 11.8 Å². The van der Waals surface area contributed by atoms with Gasteiger partial charge < -0.3 is 15.5 Å². The van der Waals surface area contributed by atoms with Crippen molar-refractivity contribution in [3.8, 4) is 0 Å². The van der Waals surface area contributed by atoms with Gasteiger partial charge in [0.15, 0.2) is 0 Å². The predicted octanol–water partition coefficient (Wildman–Crippen LogP) is 2.46. The van der Waals surface area contributed by atoms with Crippen molar-refractivity contribution in [2.24, 2.45) is 11.8 Å². The Morgan fingerprint density at radius 2 is 1.71 bits per heavy atom. The van der Waals surface area contributed by atoms with Gasteiger partial charge in [0.05, 0.1) is 12.5 Å². The lowest BCUT2D eigenvalue weighted by atomic mass is 9.97. The maximum Gasteiger partial charge on any atom is 0.238 e. The van der Waals surface area contributed by atoms with Crippen LogP contribution in [0.4, 0.5) is 11.4 Å². The predicted molar refractivity (Wildman–Crippen MR) is 111 cm³/mol. The number of carbonyl (C=O) groups is 2. The van der Waals surface area contributed by atoms with Gasteiger partial charge in [0.25, 0.3) is 0 Å². The standard InChI is InChI=1S/C22H32N4O2/c27-21(24-19-7-9-20(10-8-19)26-12-1-2-13-26)16-25-11-3-4-18(15-25)22(28)23-14-17-5-6-17/h7-10,17-18H,1-6,11-16H2,(H,23,28)(H,24,27). The molecule has 1 saturated carbocycles. The molecule has 1 atom stereocenters. The van der Waals surface area contributed by atoms with E-state index in [4.69, 9.17) is 0 Å². The van der Waals surface area contributed by atoms with Crippen LogP contribution >= 0.6 is 0 Å². The highest BCUT2D eigenvalue weighted by atomic mass is 16.2. The van der Waals surface area contributed by atoms with Gasteiger partial charge in [-0.1, -0.05) is 0 Å². The Morgan fingerprint density at radius 3 is 2.43 bits per heavy atom. The van der Waals surface area contributed by atoms with Crippen molar-refractivity contribution in [1.82, 2.24) is 10.2 Å². The topological polar surface area (TPSA) is 64.7 Å². The number of benzene rings is 1. The third-order valence-electron chi connectivity index (χ3n) is 6.13. The first-order chi connectivity index (χ1) is 13.7. The Kier molecular flexibility index (Phi) is 6.15. The monoisotopic (exact) mass is 384 g/mol. The molecule has 28 heavy (non-hydrogen) atoms. The summed E-state index contributed by atoms with van der Waals surface area (Å²) in [5, 5.41) is 6.09. The van der Waals surface area contributed by atoms with E-state index in [1.807, 2.05) is 12.1 Å². The molecule has 1 unspecified atom stereocenters. The lowest BCUT2D eigenvalue weighted by Crippen LogP contribution is -2.45. The van der Waals surface area contributed by atoms with Gasteiger partial charge in [-0.3, -0.25) is 14.5 Å². The van der Waals surface area contributed by atoms with E-state index in [9.17, 15) is 9.59 Å². The van der Waals surface area contributed by atoms with Crippen LogP contribution in [0.5, 0.6) is 0 Å². The molecule has 0 aromatic heterocycles. The summed E-state index contributed by atoms with van der Waals surface area (Å²) in [4.78, 5) is 29.3. The van der Waals surface area contributed by atoms with Crippen molar-refractivity contribution in [3.63, 3.8) is 0 Å². The minimum absolute atomic E-state index is 0.00652. The maximum absolute atomic E-state index is 12.5. The van der Waals surface area contributed by atoms with Crippen molar-refractivity contribution in [1.29, 1.82) is 0 Å². The van der Waals surface area contributed by atoms with Crippen LogP contribution in [0.15, 0.2) is 24.3 Å². The highest BCUT2D eigenvalue weighted by Gasteiger charge is 2.28. The third kappa shape index (κ3) is 5.25. The molecular formula is C22H32N4O2. The number of amides is 2. The smallest absolute Gasteiger partial charge is 0.238 e. The average Bonchev–Trinajstić information content (AvgIpc) is 3.38. The SMILES string of the molecule is O=C(CN1CCCC(C(=O)NCC2CC2)C1)Nc1ccc(N2CCCC2)cc1. The quantitative estimate of drug-likeness (QED) is 0.758. The molecule has 2 saturated heterocycles. The highest BCUT2D eigenvalue weighted by molar-refractivity contribution is 5.92. The molecule has 6 heteroatoms. The van der Waals surface area contributed by atoms with Gasteiger partial charge in [-0.05, 0) is 75.3 Å². The van der Waals surface area contributed by atoms with Gasteiger partial charge in [0.2, 0.25) is 11.8 Å². The summed E-state index contributed by atoms with van der Waals surface area (Å²) < 4.78 is 0. The number of likely N-dealkylation sites (tertiary alicyclic amines) is 1. The van der Waals surface area contributed by atoms with Crippen molar-refractivity contribution < 1.29 is 9.59 Å². The van der Waals surface area contributed by atoms with Gasteiger partial charge in [0.1, 0.15) is 0 Å². The summed E-state index contributed by atoms with van der Waals surface area (Å²) in [6, 6.07) is 8.13. The van der Waals surface area contributed by atoms with Gasteiger partial charge >= 0.3 is 0 Å². The number of anilines is 2. The molecule has 3 aliphatic rings. The first kappa shape index (κ1) is 19.2. The van der Waals surface area contributed by atoms with E-state index in [1.165, 1.54) is 31.4 Å². The maximum atomic E-state index is 12.5. The van der Waals surface area contributed by atoms with Crippen LogP contribution in [0.2, 0.25) is 0 Å². The number of carbonyl (C=O) groups excluding carboxylic acids is 2. The largest absolute Gasteiger partial charge is 0.372 e. The summed E-state index contributed by atoms with van der Waals surface area (Å²) in [6.45, 7) is 4.97. The lowest BCUT2D eigenvalue weighted by Gasteiger charge is -2.31. The second-order valence-electron chi connectivity index (χ2n) is 8.55. The molecule has 1 aromatic carbocycles. The van der Waals surface area contributed by atoms with E-state index in [1.54, 1.807) is 0 Å². The number of hydrogen-bond acceptors (Lipinski definition) is 4. The summed E-state index contributed by atoms with van der Waals surface area (Å²) in [7, 11) is 0. The number of rotatable bonds is 7. The summed E-state index contributed by atoms with van der Waals surface area (Å²) >= 11 is 0. The normalized spacial score (nSPS) is 22.9. The van der Waals surface area contributed by atoms with Crippen LogP contribution in [-0.2, 0) is 9.59 Å². The Bertz CT molecular complexity index is 680. The second kappa shape index (κ2) is 8.95. The molecule has 2 heterocycles. The molecule has 2 amide bonds. The average molecular weight is 385 g/mol. The number of nitrogens with one attached hydrogen (secondary N) is 2. The molecule has 152 valence electrons. The summed E-state index contributed by atoms with van der Waals surface area (Å²) in [5.41, 5.74) is 2.07. The fourth-order valence-electron chi connectivity index (χ4n) is 4.26. The lowest BCUT2D eigenvalue weighted by molar-refractivity contribution is -0.128. The zero-order valence-corrected chi connectivity index (χ0v) is 16.7. The van der Waals surface area contributed by atoms with E-state index >= 15 is 0 Å². The Morgan fingerprint density at radius 1 is 0.964 bits per heavy atom. The summed E-state index contributed by atoms with van der Waals surface area (Å²) in [6.07, 6.45) is 6.90. The molecule has 2 aliphatic heterocycles. The van der Waals surface area contributed by atoms with Crippen LogP contribution < -0.4 is 15.5 Å². The minimum atomic E-state index is -0.00652. The summed E-state index contributed by atoms with van der Waals surface area (Å²) in [5.74, 6) is 0.869. The van der Waals surface area contributed by atoms with E-state index in [-0.39, 0.29) is 17.7 Å². The van der Waals surface area contributed by atoms with E-state index in [0.29, 0.717) is 19.0 Å². The van der Waals surface area contributed by atoms with Crippen molar-refractivity contribution >= 4 is 23.2 Å². The molecule has 2 N–H and O–H groups in total. The fraction of sp³-hybridized carbons (Fsp3) is 0.636. The van der Waals surface area contributed by atoms with Crippen molar-refractivity contribution in [2.75, 3.05) is 49.5 Å². The van der Waals surface area contributed by atoms with Gasteiger partial charge in [-0.15, -0.1) is 0 Å². The van der Waals surface area contributed by atoms with Crippen LogP contribution in [0.25, 0.3) is 0 Å². The minimum Gasteiger partial charge on any atom is -0.372 e. The molecular weight excluding hydrogens is 352 g/mol. The second-order valence-corrected chi connectivity index (χ2v) is 8.55. The first-order valence-corrected chi connectivity index (χ1v) is 10.8. The van der Waals surface area contributed by atoms with Gasteiger partial charge in [-0.2, -0.15) is 0 Å². The molecule has 0 radical (unpaired) electrons. The molecule has 1 aliphatic carbocycles. The third-order valence-corrected chi connectivity index (χ3v) is 6.13. The first-order valence-electron chi connectivity index (χ1n) is 10.8. The highest BCUT2D eigenvalue weighted by Crippen LogP contribution is 2.28. The van der Waals surface area contributed by atoms with Crippen LogP contribution in [-0.4, -0.2) is 56.0 Å². The molecule has 0 spiro atoms. The van der Waals surface area contributed by atoms with E-state index in [2.05, 4.69) is 32.6 Å². The van der Waals surface area contributed by atoms with E-state index < -0.39 is 0 Å². The number of nitrogens with zero attached hydrogens (tertiary/aromatic N) is 2. The zero-order valence-electron chi connectivity index (χ0n) is 16.7. The van der Waals surface area contributed by atoms with Crippen molar-refractivity contribution in [2.45, 2.75) is 38.5 Å². The van der Waals surface area contributed by atoms with Gasteiger partial charge in [-0.25, -0.2) is 0 Å². The van der Waals surface area contributed by atoms with Crippen molar-refractivity contribution in [3.05, 3.63) is 24.3 Å². The Labute approximate surface area is 167 Å². The fourth-order valence-corrected chi connectivity index (χ4v) is 4.26. The van der Waals surface area contributed by atoms with Gasteiger partial charge in [0, 0.05) is 37.6 Å². The molecule has 1 aromatic rings.